The van der Waals surface area contributed by atoms with E-state index in [9.17, 15) is 4.79 Å². The van der Waals surface area contributed by atoms with Crippen LogP contribution in [0.25, 0.3) is 11.0 Å². The van der Waals surface area contributed by atoms with Crippen LogP contribution in [-0.2, 0) is 0 Å². The van der Waals surface area contributed by atoms with Crippen molar-refractivity contribution in [3.05, 3.63) is 36.2 Å². The molecule has 1 fully saturated rings. The van der Waals surface area contributed by atoms with Crippen LogP contribution in [0.5, 0.6) is 0 Å². The summed E-state index contributed by atoms with van der Waals surface area (Å²) in [4.78, 5) is 20.7. The first-order chi connectivity index (χ1) is 9.83. The second-order valence-corrected chi connectivity index (χ2v) is 5.17. The summed E-state index contributed by atoms with van der Waals surface area (Å²) in [6, 6.07) is 7.56. The molecule has 3 rings (SSSR count). The van der Waals surface area contributed by atoms with Crippen LogP contribution in [0.4, 0.5) is 0 Å². The van der Waals surface area contributed by atoms with Gasteiger partial charge in [-0.25, -0.2) is 4.98 Å². The minimum Gasteiger partial charge on any atom is -0.350 e. The van der Waals surface area contributed by atoms with Crippen LogP contribution in [0.1, 0.15) is 23.3 Å². The highest BCUT2D eigenvalue weighted by molar-refractivity contribution is 5.93. The van der Waals surface area contributed by atoms with E-state index in [0.717, 1.165) is 30.5 Å². The van der Waals surface area contributed by atoms with Gasteiger partial charge in [0, 0.05) is 6.54 Å². The van der Waals surface area contributed by atoms with Crippen molar-refractivity contribution in [3.63, 3.8) is 0 Å². The molecule has 0 radical (unpaired) electrons. The number of hydrogen-bond donors (Lipinski definition) is 2. The van der Waals surface area contributed by atoms with Gasteiger partial charge >= 0.3 is 0 Å². The van der Waals surface area contributed by atoms with Gasteiger partial charge in [0.05, 0.1) is 17.2 Å². The lowest BCUT2D eigenvalue weighted by Gasteiger charge is -2.22. The Kier molecular flexibility index (Phi) is 3.87. The number of nitrogens with one attached hydrogen (secondary N) is 2. The molecule has 1 aromatic heterocycles. The largest absolute Gasteiger partial charge is 0.350 e. The fourth-order valence-corrected chi connectivity index (χ4v) is 2.49. The third-order valence-corrected chi connectivity index (χ3v) is 3.63. The molecule has 1 aliphatic heterocycles. The van der Waals surface area contributed by atoms with Crippen LogP contribution in [0.15, 0.2) is 30.5 Å². The third kappa shape index (κ3) is 2.93. The fourth-order valence-electron chi connectivity index (χ4n) is 2.49. The molecule has 1 unspecified atom stereocenters. The highest BCUT2D eigenvalue weighted by Gasteiger charge is 2.15. The van der Waals surface area contributed by atoms with Gasteiger partial charge in [-0.3, -0.25) is 9.78 Å². The zero-order valence-electron chi connectivity index (χ0n) is 11.3. The Morgan fingerprint density at radius 2 is 2.20 bits per heavy atom. The summed E-state index contributed by atoms with van der Waals surface area (Å²) in [7, 11) is 0. The number of benzene rings is 1. The highest BCUT2D eigenvalue weighted by Crippen LogP contribution is 2.10. The van der Waals surface area contributed by atoms with Gasteiger partial charge in [-0.05, 0) is 44.0 Å². The molecule has 0 spiro atoms. The van der Waals surface area contributed by atoms with E-state index >= 15 is 0 Å². The number of carbonyl (C=O) groups excluding carboxylic acids is 1. The Balaban J connectivity index is 1.65. The molecule has 2 N–H and O–H groups in total. The quantitative estimate of drug-likeness (QED) is 0.883. The number of aromatic nitrogens is 2. The third-order valence-electron chi connectivity index (χ3n) is 3.63. The average Bonchev–Trinajstić information content (AvgIpc) is 2.53. The summed E-state index contributed by atoms with van der Waals surface area (Å²) in [5.74, 6) is 0.370. The van der Waals surface area contributed by atoms with E-state index in [0.29, 0.717) is 18.2 Å². The molecule has 5 nitrogen and oxygen atoms in total. The van der Waals surface area contributed by atoms with Crippen molar-refractivity contribution in [1.29, 1.82) is 0 Å². The van der Waals surface area contributed by atoms with Crippen LogP contribution >= 0.6 is 0 Å². The van der Waals surface area contributed by atoms with E-state index in [1.807, 2.05) is 24.3 Å². The van der Waals surface area contributed by atoms with Gasteiger partial charge in [0.15, 0.2) is 0 Å². The Morgan fingerprint density at radius 1 is 1.35 bits per heavy atom. The first kappa shape index (κ1) is 13.0. The fraction of sp³-hybridized carbons (Fsp3) is 0.400. The maximum absolute atomic E-state index is 12.1. The van der Waals surface area contributed by atoms with Gasteiger partial charge in [-0.1, -0.05) is 12.1 Å². The number of rotatable bonds is 3. The van der Waals surface area contributed by atoms with Crippen LogP contribution in [0.2, 0.25) is 0 Å². The van der Waals surface area contributed by atoms with Crippen molar-refractivity contribution in [2.75, 3.05) is 19.6 Å². The van der Waals surface area contributed by atoms with Gasteiger partial charge < -0.3 is 10.6 Å². The zero-order valence-corrected chi connectivity index (χ0v) is 11.3. The zero-order chi connectivity index (χ0) is 13.8. The monoisotopic (exact) mass is 270 g/mol. The van der Waals surface area contributed by atoms with E-state index in [4.69, 9.17) is 0 Å². The standard InChI is InChI=1S/C15H18N4O/c20-15(18-9-11-4-3-7-16-8-11)14-10-17-12-5-1-2-6-13(12)19-14/h1-2,5-6,10-11,16H,3-4,7-9H2,(H,18,20). The summed E-state index contributed by atoms with van der Waals surface area (Å²) in [6.07, 6.45) is 3.88. The van der Waals surface area contributed by atoms with Crippen LogP contribution in [0.3, 0.4) is 0 Å². The molecular formula is C15H18N4O. The lowest BCUT2D eigenvalue weighted by molar-refractivity contribution is 0.0940. The number of hydrogen-bond acceptors (Lipinski definition) is 4. The summed E-state index contributed by atoms with van der Waals surface area (Å²) in [6.45, 7) is 2.75. The van der Waals surface area contributed by atoms with E-state index in [-0.39, 0.29) is 5.91 Å². The first-order valence-corrected chi connectivity index (χ1v) is 7.03. The molecule has 0 saturated carbocycles. The molecule has 20 heavy (non-hydrogen) atoms. The number of piperidine rings is 1. The number of nitrogens with zero attached hydrogens (tertiary/aromatic N) is 2. The molecule has 1 saturated heterocycles. The normalized spacial score (nSPS) is 18.9. The smallest absolute Gasteiger partial charge is 0.271 e. The molecule has 1 aliphatic rings. The molecule has 2 aromatic rings. The molecule has 1 aromatic carbocycles. The van der Waals surface area contributed by atoms with E-state index in [2.05, 4.69) is 20.6 Å². The summed E-state index contributed by atoms with van der Waals surface area (Å²) in [5, 5.41) is 6.30. The molecule has 1 amide bonds. The minimum absolute atomic E-state index is 0.145. The molecule has 1 atom stereocenters. The highest BCUT2D eigenvalue weighted by atomic mass is 16.1. The average molecular weight is 270 g/mol. The number of fused-ring (bicyclic) bond motifs is 1. The van der Waals surface area contributed by atoms with Crippen molar-refractivity contribution in [1.82, 2.24) is 20.6 Å². The number of amides is 1. The SMILES string of the molecule is O=C(NCC1CCCNC1)c1cnc2ccccc2n1. The van der Waals surface area contributed by atoms with Gasteiger partial charge in [0.25, 0.3) is 5.91 Å². The Morgan fingerprint density at radius 3 is 3.00 bits per heavy atom. The topological polar surface area (TPSA) is 66.9 Å². The predicted molar refractivity (Wildman–Crippen MR) is 77.5 cm³/mol. The summed E-state index contributed by atoms with van der Waals surface area (Å²) in [5.41, 5.74) is 1.94. The lowest BCUT2D eigenvalue weighted by atomic mass is 10.00. The van der Waals surface area contributed by atoms with Gasteiger partial charge in [-0.15, -0.1) is 0 Å². The van der Waals surface area contributed by atoms with Gasteiger partial charge in [-0.2, -0.15) is 0 Å². The van der Waals surface area contributed by atoms with E-state index in [1.165, 1.54) is 12.6 Å². The van der Waals surface area contributed by atoms with Crippen molar-refractivity contribution < 1.29 is 4.79 Å². The van der Waals surface area contributed by atoms with Gasteiger partial charge in [0.1, 0.15) is 5.69 Å². The molecular weight excluding hydrogens is 252 g/mol. The number of carbonyl (C=O) groups is 1. The summed E-state index contributed by atoms with van der Waals surface area (Å²) < 4.78 is 0. The van der Waals surface area contributed by atoms with Crippen LogP contribution in [-0.4, -0.2) is 35.5 Å². The number of para-hydroxylation sites is 2. The lowest BCUT2D eigenvalue weighted by Crippen LogP contribution is -2.38. The second-order valence-electron chi connectivity index (χ2n) is 5.17. The molecule has 104 valence electrons. The maximum atomic E-state index is 12.1. The second kappa shape index (κ2) is 5.96. The molecule has 5 heteroatoms. The minimum atomic E-state index is -0.145. The van der Waals surface area contributed by atoms with E-state index in [1.54, 1.807) is 0 Å². The van der Waals surface area contributed by atoms with Crippen LogP contribution < -0.4 is 10.6 Å². The predicted octanol–water partition coefficient (Wildman–Crippen LogP) is 1.36. The van der Waals surface area contributed by atoms with Crippen molar-refractivity contribution in [2.24, 2.45) is 5.92 Å². The molecule has 0 bridgehead atoms. The Labute approximate surface area is 117 Å². The Hall–Kier alpha value is -2.01. The first-order valence-electron chi connectivity index (χ1n) is 7.03. The van der Waals surface area contributed by atoms with Crippen molar-refractivity contribution in [2.45, 2.75) is 12.8 Å². The van der Waals surface area contributed by atoms with Crippen molar-refractivity contribution in [3.8, 4) is 0 Å². The maximum Gasteiger partial charge on any atom is 0.271 e. The van der Waals surface area contributed by atoms with Gasteiger partial charge in [0.2, 0.25) is 0 Å². The van der Waals surface area contributed by atoms with Crippen molar-refractivity contribution >= 4 is 16.9 Å². The Bertz CT molecular complexity index is 608. The molecule has 0 aliphatic carbocycles. The van der Waals surface area contributed by atoms with Crippen LogP contribution in [0, 0.1) is 5.92 Å². The summed E-state index contributed by atoms with van der Waals surface area (Å²) >= 11 is 0. The van der Waals surface area contributed by atoms with E-state index < -0.39 is 0 Å². The molecule has 2 heterocycles.